The first-order valence-electron chi connectivity index (χ1n) is 7.32. The van der Waals surface area contributed by atoms with Gasteiger partial charge in [0.05, 0.1) is 0 Å². The van der Waals surface area contributed by atoms with E-state index in [1.54, 1.807) is 24.3 Å². The predicted molar refractivity (Wildman–Crippen MR) is 81.6 cm³/mol. The van der Waals surface area contributed by atoms with Crippen LogP contribution in [0.4, 0.5) is 5.69 Å². The van der Waals surface area contributed by atoms with Gasteiger partial charge in [-0.2, -0.15) is 0 Å². The third-order valence-corrected chi connectivity index (χ3v) is 4.06. The van der Waals surface area contributed by atoms with Gasteiger partial charge < -0.3 is 15.7 Å². The van der Waals surface area contributed by atoms with Gasteiger partial charge in [0.1, 0.15) is 6.54 Å². The van der Waals surface area contributed by atoms with Crippen molar-refractivity contribution >= 4 is 23.5 Å². The Labute approximate surface area is 128 Å². The van der Waals surface area contributed by atoms with Crippen molar-refractivity contribution in [3.8, 4) is 0 Å². The van der Waals surface area contributed by atoms with E-state index in [1.165, 1.54) is 0 Å². The van der Waals surface area contributed by atoms with Crippen LogP contribution in [0.15, 0.2) is 24.3 Å². The number of carbonyl (C=O) groups is 3. The molecule has 118 valence electrons. The molecule has 2 amide bonds. The zero-order valence-corrected chi connectivity index (χ0v) is 12.5. The summed E-state index contributed by atoms with van der Waals surface area (Å²) in [5.41, 5.74) is 0.677. The topological polar surface area (TPSA) is 95.5 Å². The van der Waals surface area contributed by atoms with Gasteiger partial charge in [0, 0.05) is 16.7 Å². The summed E-state index contributed by atoms with van der Waals surface area (Å²) < 4.78 is 0. The van der Waals surface area contributed by atoms with Crippen LogP contribution in [0.1, 0.15) is 43.0 Å². The molecule has 1 saturated carbocycles. The van der Waals surface area contributed by atoms with E-state index >= 15 is 0 Å². The zero-order chi connectivity index (χ0) is 16.2. The van der Waals surface area contributed by atoms with Crippen molar-refractivity contribution in [3.63, 3.8) is 0 Å². The van der Waals surface area contributed by atoms with Crippen LogP contribution in [0.2, 0.25) is 0 Å². The van der Waals surface area contributed by atoms with Crippen LogP contribution in [0.5, 0.6) is 0 Å². The van der Waals surface area contributed by atoms with Crippen molar-refractivity contribution in [2.24, 2.45) is 5.41 Å². The van der Waals surface area contributed by atoms with Crippen LogP contribution >= 0.6 is 0 Å². The summed E-state index contributed by atoms with van der Waals surface area (Å²) in [6, 6.07) is 6.41. The number of hydrogen-bond donors (Lipinski definition) is 3. The Balaban J connectivity index is 1.95. The molecule has 0 heterocycles. The molecule has 6 heteroatoms. The molecule has 1 aliphatic rings. The van der Waals surface area contributed by atoms with E-state index in [-0.39, 0.29) is 11.3 Å². The minimum Gasteiger partial charge on any atom is -0.480 e. The summed E-state index contributed by atoms with van der Waals surface area (Å²) in [7, 11) is 0. The maximum Gasteiger partial charge on any atom is 0.322 e. The SMILES string of the molecule is CC1(C(=O)Nc2ccc(C(=O)NCC(=O)O)cc2)CCCC1. The summed E-state index contributed by atoms with van der Waals surface area (Å²) in [5, 5.41) is 13.7. The number of carboxylic acids is 1. The lowest BCUT2D eigenvalue weighted by Gasteiger charge is -2.22. The Bertz CT molecular complexity index is 574. The second-order valence-electron chi connectivity index (χ2n) is 5.88. The van der Waals surface area contributed by atoms with Crippen LogP contribution < -0.4 is 10.6 Å². The molecular formula is C16H20N2O4. The standard InChI is InChI=1S/C16H20N2O4/c1-16(8-2-3-9-16)15(22)18-12-6-4-11(5-7-12)14(21)17-10-13(19)20/h4-7H,2-3,8-10H2,1H3,(H,17,21)(H,18,22)(H,19,20). The molecule has 3 N–H and O–H groups in total. The lowest BCUT2D eigenvalue weighted by molar-refractivity contribution is -0.135. The number of amides is 2. The Morgan fingerprint density at radius 1 is 1.14 bits per heavy atom. The number of hydrogen-bond acceptors (Lipinski definition) is 3. The van der Waals surface area contributed by atoms with E-state index in [2.05, 4.69) is 10.6 Å². The van der Waals surface area contributed by atoms with Crippen molar-refractivity contribution in [1.82, 2.24) is 5.32 Å². The van der Waals surface area contributed by atoms with Crippen LogP contribution in [0.3, 0.4) is 0 Å². The largest absolute Gasteiger partial charge is 0.480 e. The predicted octanol–water partition coefficient (Wildman–Crippen LogP) is 2.02. The zero-order valence-electron chi connectivity index (χ0n) is 12.5. The number of carbonyl (C=O) groups excluding carboxylic acids is 2. The lowest BCUT2D eigenvalue weighted by Crippen LogP contribution is -2.31. The molecule has 0 radical (unpaired) electrons. The molecule has 2 rings (SSSR count). The van der Waals surface area contributed by atoms with Crippen molar-refractivity contribution in [2.45, 2.75) is 32.6 Å². The summed E-state index contributed by atoms with van der Waals surface area (Å²) in [4.78, 5) is 34.4. The quantitative estimate of drug-likeness (QED) is 0.775. The molecule has 6 nitrogen and oxygen atoms in total. The number of rotatable bonds is 5. The summed E-state index contributed by atoms with van der Waals surface area (Å²) in [6.07, 6.45) is 3.95. The van der Waals surface area contributed by atoms with E-state index in [4.69, 9.17) is 5.11 Å². The monoisotopic (exact) mass is 304 g/mol. The molecule has 0 saturated heterocycles. The Morgan fingerprint density at radius 3 is 2.27 bits per heavy atom. The second kappa shape index (κ2) is 6.60. The van der Waals surface area contributed by atoms with Gasteiger partial charge in [0.2, 0.25) is 5.91 Å². The highest BCUT2D eigenvalue weighted by atomic mass is 16.4. The maximum atomic E-state index is 12.3. The van der Waals surface area contributed by atoms with Crippen LogP contribution in [-0.2, 0) is 9.59 Å². The van der Waals surface area contributed by atoms with Gasteiger partial charge in [-0.15, -0.1) is 0 Å². The van der Waals surface area contributed by atoms with Crippen LogP contribution in [0, 0.1) is 5.41 Å². The molecule has 1 fully saturated rings. The molecule has 0 atom stereocenters. The fraction of sp³-hybridized carbons (Fsp3) is 0.438. The molecule has 0 aliphatic heterocycles. The molecule has 22 heavy (non-hydrogen) atoms. The van der Waals surface area contributed by atoms with Gasteiger partial charge in [-0.1, -0.05) is 19.8 Å². The number of benzene rings is 1. The number of anilines is 1. The van der Waals surface area contributed by atoms with Gasteiger partial charge in [-0.25, -0.2) is 0 Å². The Hall–Kier alpha value is -2.37. The Kier molecular flexibility index (Phi) is 4.80. The molecule has 0 aromatic heterocycles. The van der Waals surface area contributed by atoms with E-state index in [0.717, 1.165) is 25.7 Å². The maximum absolute atomic E-state index is 12.3. The van der Waals surface area contributed by atoms with Crippen LogP contribution in [0.25, 0.3) is 0 Å². The van der Waals surface area contributed by atoms with Gasteiger partial charge in [-0.05, 0) is 37.1 Å². The van der Waals surface area contributed by atoms with E-state index in [0.29, 0.717) is 11.3 Å². The van der Waals surface area contributed by atoms with Crippen molar-refractivity contribution in [2.75, 3.05) is 11.9 Å². The van der Waals surface area contributed by atoms with Crippen molar-refractivity contribution in [3.05, 3.63) is 29.8 Å². The second-order valence-corrected chi connectivity index (χ2v) is 5.88. The third-order valence-electron chi connectivity index (χ3n) is 4.06. The average Bonchev–Trinajstić information content (AvgIpc) is 2.93. The molecule has 0 spiro atoms. The van der Waals surface area contributed by atoms with E-state index in [9.17, 15) is 14.4 Å². The van der Waals surface area contributed by atoms with Gasteiger partial charge in [0.15, 0.2) is 0 Å². The first kappa shape index (κ1) is 16.0. The molecule has 1 aromatic carbocycles. The lowest BCUT2D eigenvalue weighted by atomic mass is 9.88. The fourth-order valence-corrected chi connectivity index (χ4v) is 2.63. The van der Waals surface area contributed by atoms with Crippen molar-refractivity contribution in [1.29, 1.82) is 0 Å². The highest BCUT2D eigenvalue weighted by molar-refractivity contribution is 5.98. The van der Waals surface area contributed by atoms with Crippen molar-refractivity contribution < 1.29 is 19.5 Å². The molecule has 1 aliphatic carbocycles. The van der Waals surface area contributed by atoms with Gasteiger partial charge in [-0.3, -0.25) is 14.4 Å². The van der Waals surface area contributed by atoms with Crippen LogP contribution in [-0.4, -0.2) is 29.4 Å². The first-order valence-corrected chi connectivity index (χ1v) is 7.32. The number of aliphatic carboxylic acids is 1. The number of carboxylic acid groups (broad SMARTS) is 1. The summed E-state index contributed by atoms with van der Waals surface area (Å²) in [5.74, 6) is -1.54. The Morgan fingerprint density at radius 2 is 1.73 bits per heavy atom. The summed E-state index contributed by atoms with van der Waals surface area (Å²) >= 11 is 0. The normalized spacial score (nSPS) is 16.0. The smallest absolute Gasteiger partial charge is 0.322 e. The summed E-state index contributed by atoms with van der Waals surface area (Å²) in [6.45, 7) is 1.55. The molecule has 0 bridgehead atoms. The molecule has 0 unspecified atom stereocenters. The van der Waals surface area contributed by atoms with Gasteiger partial charge >= 0.3 is 5.97 Å². The first-order chi connectivity index (χ1) is 10.4. The molecule has 1 aromatic rings. The fourth-order valence-electron chi connectivity index (χ4n) is 2.63. The minimum absolute atomic E-state index is 0.00748. The number of nitrogens with one attached hydrogen (secondary N) is 2. The third kappa shape index (κ3) is 3.84. The highest BCUT2D eigenvalue weighted by Crippen LogP contribution is 2.38. The van der Waals surface area contributed by atoms with E-state index in [1.807, 2.05) is 6.92 Å². The average molecular weight is 304 g/mol. The van der Waals surface area contributed by atoms with Gasteiger partial charge in [0.25, 0.3) is 5.91 Å². The molecular weight excluding hydrogens is 284 g/mol. The highest BCUT2D eigenvalue weighted by Gasteiger charge is 2.36. The minimum atomic E-state index is -1.10. The van der Waals surface area contributed by atoms with E-state index < -0.39 is 18.4 Å².